The van der Waals surface area contributed by atoms with Gasteiger partial charge in [0.25, 0.3) is 0 Å². The molecule has 35 heavy (non-hydrogen) atoms. The summed E-state index contributed by atoms with van der Waals surface area (Å²) in [6.45, 7) is 12.0. The van der Waals surface area contributed by atoms with Crippen LogP contribution in [-0.4, -0.2) is 48.2 Å². The Morgan fingerprint density at radius 2 is 1.11 bits per heavy atom. The Kier molecular flexibility index (Phi) is 5.69. The molecule has 1 fully saturated rings. The fourth-order valence-corrected chi connectivity index (χ4v) is 3.78. The summed E-state index contributed by atoms with van der Waals surface area (Å²) in [6.07, 6.45) is 6.83. The molecule has 0 saturated carbocycles. The molecule has 0 bridgehead atoms. The largest absolute Gasteiger partial charge is 0.494 e. The summed E-state index contributed by atoms with van der Waals surface area (Å²) < 4.78 is 12.4. The molecule has 0 amide bonds. The van der Waals surface area contributed by atoms with E-state index in [4.69, 9.17) is 19.3 Å². The van der Waals surface area contributed by atoms with Gasteiger partial charge in [-0.15, -0.1) is 0 Å². The molecule has 1 saturated heterocycles. The molecular formula is C26H27BN6O2. The minimum atomic E-state index is -0.429. The molecular weight excluding hydrogens is 439 g/mol. The zero-order valence-corrected chi connectivity index (χ0v) is 20.8. The van der Waals surface area contributed by atoms with Crippen LogP contribution in [0.4, 0.5) is 0 Å². The van der Waals surface area contributed by atoms with Crippen molar-refractivity contribution in [3.63, 3.8) is 0 Å². The van der Waals surface area contributed by atoms with Crippen molar-refractivity contribution in [2.24, 2.45) is 0 Å². The van der Waals surface area contributed by atoms with E-state index < -0.39 is 18.3 Å². The first kappa shape index (κ1) is 23.2. The molecule has 9 heteroatoms. The van der Waals surface area contributed by atoms with Gasteiger partial charge in [-0.05, 0) is 53.1 Å². The third-order valence-electron chi connectivity index (χ3n) is 6.46. The number of aromatic nitrogens is 6. The predicted octanol–water partition coefficient (Wildman–Crippen LogP) is 3.97. The molecule has 176 valence electrons. The van der Waals surface area contributed by atoms with E-state index in [2.05, 4.69) is 19.9 Å². The standard InChI is InChI=1S/C26H27BN6O2/c1-16-12-28-14-22(30-16)20-11-21(23-15-29-13-17(2)31-23)33-24(32-20)18-7-9-19(10-8-18)27-34-25(3,4)26(5,6)35-27/h7-15H,1-6H3. The molecule has 4 heterocycles. The van der Waals surface area contributed by atoms with Crippen LogP contribution in [0.2, 0.25) is 0 Å². The minimum absolute atomic E-state index is 0.396. The first-order valence-electron chi connectivity index (χ1n) is 11.5. The molecule has 0 N–H and O–H groups in total. The van der Waals surface area contributed by atoms with Gasteiger partial charge in [0.15, 0.2) is 5.82 Å². The number of hydrogen-bond acceptors (Lipinski definition) is 8. The fraction of sp³-hybridized carbons (Fsp3) is 0.308. The van der Waals surface area contributed by atoms with Gasteiger partial charge < -0.3 is 9.31 Å². The lowest BCUT2D eigenvalue weighted by Gasteiger charge is -2.32. The Labute approximate surface area is 205 Å². The third kappa shape index (κ3) is 4.57. The highest BCUT2D eigenvalue weighted by atomic mass is 16.7. The zero-order valence-electron chi connectivity index (χ0n) is 20.8. The second-order valence-corrected chi connectivity index (χ2v) is 9.76. The molecule has 0 spiro atoms. The van der Waals surface area contributed by atoms with Crippen LogP contribution < -0.4 is 5.46 Å². The van der Waals surface area contributed by atoms with Crippen LogP contribution in [0.1, 0.15) is 39.1 Å². The molecule has 0 aliphatic carbocycles. The topological polar surface area (TPSA) is 95.8 Å². The first-order chi connectivity index (χ1) is 16.6. The molecule has 1 aliphatic heterocycles. The first-order valence-corrected chi connectivity index (χ1v) is 11.5. The number of rotatable bonds is 4. The van der Waals surface area contributed by atoms with Crippen molar-refractivity contribution in [3.05, 3.63) is 66.5 Å². The van der Waals surface area contributed by atoms with Crippen LogP contribution in [0.3, 0.4) is 0 Å². The Balaban J connectivity index is 1.55. The molecule has 5 rings (SSSR count). The predicted molar refractivity (Wildman–Crippen MR) is 135 cm³/mol. The highest BCUT2D eigenvalue weighted by Gasteiger charge is 2.51. The minimum Gasteiger partial charge on any atom is -0.399 e. The van der Waals surface area contributed by atoms with E-state index >= 15 is 0 Å². The van der Waals surface area contributed by atoms with Gasteiger partial charge in [-0.3, -0.25) is 9.97 Å². The SMILES string of the molecule is Cc1cncc(-c2cc(-c3cncc(C)n3)nc(-c3ccc(B4OC(C)(C)C(C)(C)O4)cc3)n2)n1. The normalized spacial score (nSPS) is 16.5. The Morgan fingerprint density at radius 3 is 1.57 bits per heavy atom. The molecule has 1 aliphatic rings. The number of nitrogens with zero attached hydrogens (tertiary/aromatic N) is 6. The quantitative estimate of drug-likeness (QED) is 0.417. The van der Waals surface area contributed by atoms with Crippen LogP contribution in [-0.2, 0) is 9.31 Å². The van der Waals surface area contributed by atoms with Crippen molar-refractivity contribution in [2.45, 2.75) is 52.7 Å². The summed E-state index contributed by atoms with van der Waals surface area (Å²) in [5.74, 6) is 0.560. The summed E-state index contributed by atoms with van der Waals surface area (Å²) in [5, 5.41) is 0. The summed E-state index contributed by atoms with van der Waals surface area (Å²) >= 11 is 0. The van der Waals surface area contributed by atoms with Gasteiger partial charge in [0.1, 0.15) is 11.4 Å². The third-order valence-corrected chi connectivity index (χ3v) is 6.46. The lowest BCUT2D eigenvalue weighted by atomic mass is 9.79. The van der Waals surface area contributed by atoms with E-state index in [0.29, 0.717) is 28.6 Å². The molecule has 4 aromatic rings. The summed E-state index contributed by atoms with van der Waals surface area (Å²) in [7, 11) is -0.429. The van der Waals surface area contributed by atoms with Crippen molar-refractivity contribution in [3.8, 4) is 34.2 Å². The highest BCUT2D eigenvalue weighted by molar-refractivity contribution is 6.62. The van der Waals surface area contributed by atoms with Crippen LogP contribution >= 0.6 is 0 Å². The monoisotopic (exact) mass is 466 g/mol. The number of benzene rings is 1. The fourth-order valence-electron chi connectivity index (χ4n) is 3.78. The highest BCUT2D eigenvalue weighted by Crippen LogP contribution is 2.36. The van der Waals surface area contributed by atoms with Crippen molar-refractivity contribution < 1.29 is 9.31 Å². The molecule has 0 unspecified atom stereocenters. The average Bonchev–Trinajstić information content (AvgIpc) is 3.05. The van der Waals surface area contributed by atoms with E-state index in [-0.39, 0.29) is 0 Å². The maximum absolute atomic E-state index is 6.19. The Morgan fingerprint density at radius 1 is 0.629 bits per heavy atom. The van der Waals surface area contributed by atoms with E-state index in [1.807, 2.05) is 71.9 Å². The van der Waals surface area contributed by atoms with Crippen molar-refractivity contribution in [1.82, 2.24) is 29.9 Å². The summed E-state index contributed by atoms with van der Waals surface area (Å²) in [4.78, 5) is 27.4. The second-order valence-electron chi connectivity index (χ2n) is 9.76. The molecule has 1 aromatic carbocycles. The van der Waals surface area contributed by atoms with Gasteiger partial charge in [-0.25, -0.2) is 19.9 Å². The van der Waals surface area contributed by atoms with Crippen LogP contribution in [0.5, 0.6) is 0 Å². The average molecular weight is 466 g/mol. The lowest BCUT2D eigenvalue weighted by molar-refractivity contribution is 0.00578. The summed E-state index contributed by atoms with van der Waals surface area (Å²) in [6, 6.07) is 9.81. The maximum atomic E-state index is 6.19. The molecule has 0 radical (unpaired) electrons. The molecule has 0 atom stereocenters. The van der Waals surface area contributed by atoms with E-state index in [1.165, 1.54) is 0 Å². The second kappa shape index (κ2) is 8.59. The summed E-state index contributed by atoms with van der Waals surface area (Å²) in [5.41, 5.74) is 5.30. The molecule has 3 aromatic heterocycles. The van der Waals surface area contributed by atoms with Gasteiger partial charge in [0, 0.05) is 18.0 Å². The van der Waals surface area contributed by atoms with Crippen molar-refractivity contribution >= 4 is 12.6 Å². The maximum Gasteiger partial charge on any atom is 0.494 e. The van der Waals surface area contributed by atoms with Gasteiger partial charge in [-0.2, -0.15) is 0 Å². The lowest BCUT2D eigenvalue weighted by Crippen LogP contribution is -2.41. The number of hydrogen-bond donors (Lipinski definition) is 0. The zero-order chi connectivity index (χ0) is 24.8. The van der Waals surface area contributed by atoms with Crippen molar-refractivity contribution in [1.29, 1.82) is 0 Å². The Hall–Kier alpha value is -3.56. The van der Waals surface area contributed by atoms with Gasteiger partial charge in [0.2, 0.25) is 0 Å². The van der Waals surface area contributed by atoms with Gasteiger partial charge >= 0.3 is 7.12 Å². The van der Waals surface area contributed by atoms with Crippen LogP contribution in [0, 0.1) is 13.8 Å². The van der Waals surface area contributed by atoms with E-state index in [1.54, 1.807) is 24.8 Å². The van der Waals surface area contributed by atoms with E-state index in [0.717, 1.165) is 22.4 Å². The van der Waals surface area contributed by atoms with Crippen molar-refractivity contribution in [2.75, 3.05) is 0 Å². The molecule has 8 nitrogen and oxygen atoms in total. The van der Waals surface area contributed by atoms with Crippen LogP contribution in [0.25, 0.3) is 34.2 Å². The van der Waals surface area contributed by atoms with E-state index in [9.17, 15) is 0 Å². The number of aryl methyl sites for hydroxylation is 2. The van der Waals surface area contributed by atoms with Gasteiger partial charge in [-0.1, -0.05) is 24.3 Å². The smallest absolute Gasteiger partial charge is 0.399 e. The Bertz CT molecular complexity index is 1310. The van der Waals surface area contributed by atoms with Crippen LogP contribution in [0.15, 0.2) is 55.1 Å². The van der Waals surface area contributed by atoms with Gasteiger partial charge in [0.05, 0.1) is 46.4 Å².